The van der Waals surface area contributed by atoms with Gasteiger partial charge in [0.25, 0.3) is 0 Å². The molecule has 2 N–H and O–H groups in total. The molecule has 5 nitrogen and oxygen atoms in total. The van der Waals surface area contributed by atoms with Crippen LogP contribution in [0.1, 0.15) is 0 Å². The zero-order valence-electron chi connectivity index (χ0n) is 6.60. The second-order valence-electron chi connectivity index (χ2n) is 3.06. The number of nitrogens with zero attached hydrogens (tertiary/aromatic N) is 2. The van der Waals surface area contributed by atoms with Crippen LogP contribution in [0.5, 0.6) is 0 Å². The number of hydrogen-bond donors (Lipinski definition) is 2. The van der Waals surface area contributed by atoms with Gasteiger partial charge in [0.1, 0.15) is 6.04 Å². The highest BCUT2D eigenvalue weighted by Crippen LogP contribution is 2.12. The van der Waals surface area contributed by atoms with E-state index in [0.717, 1.165) is 13.1 Å². The Morgan fingerprint density at radius 2 is 2.58 bits per heavy atom. The quantitative estimate of drug-likeness (QED) is 0.515. The summed E-state index contributed by atoms with van der Waals surface area (Å²) in [6, 6.07) is -0.433. The van der Waals surface area contributed by atoms with Crippen molar-refractivity contribution >= 4 is 12.3 Å². The highest BCUT2D eigenvalue weighted by atomic mass is 16.4. The lowest BCUT2D eigenvalue weighted by atomic mass is 10.1. The number of nitrogens with one attached hydrogen (secondary N) is 1. The first kappa shape index (κ1) is 7.54. The summed E-state index contributed by atoms with van der Waals surface area (Å²) in [5.74, 6) is -0.782. The van der Waals surface area contributed by atoms with E-state index in [1.165, 1.54) is 0 Å². The molecule has 0 aromatic rings. The van der Waals surface area contributed by atoms with Gasteiger partial charge in [0.05, 0.1) is 18.9 Å². The second kappa shape index (κ2) is 2.75. The maximum atomic E-state index is 10.8. The van der Waals surface area contributed by atoms with Crippen LogP contribution in [0.25, 0.3) is 0 Å². The van der Waals surface area contributed by atoms with Gasteiger partial charge in [-0.1, -0.05) is 0 Å². The number of carboxylic acid groups (broad SMARTS) is 1. The van der Waals surface area contributed by atoms with E-state index in [1.807, 2.05) is 4.90 Å². The molecule has 1 unspecified atom stereocenters. The summed E-state index contributed by atoms with van der Waals surface area (Å²) in [6.45, 7) is 2.18. The molecule has 0 aliphatic carbocycles. The largest absolute Gasteiger partial charge is 0.480 e. The molecule has 2 rings (SSSR count). The molecule has 0 radical (unpaired) electrons. The number of aliphatic imine (C=N–C) groups is 1. The number of fused-ring (bicyclic) bond motifs is 1. The fourth-order valence-corrected chi connectivity index (χ4v) is 1.71. The Kier molecular flexibility index (Phi) is 1.73. The van der Waals surface area contributed by atoms with Gasteiger partial charge in [-0.3, -0.25) is 9.79 Å². The first-order chi connectivity index (χ1) is 5.79. The summed E-state index contributed by atoms with van der Waals surface area (Å²) in [4.78, 5) is 16.8. The molecule has 0 saturated carbocycles. The summed E-state index contributed by atoms with van der Waals surface area (Å²) in [7, 11) is 0. The topological polar surface area (TPSA) is 64.9 Å². The van der Waals surface area contributed by atoms with E-state index in [0.29, 0.717) is 6.54 Å². The number of carboxylic acids is 1. The monoisotopic (exact) mass is 169 g/mol. The van der Waals surface area contributed by atoms with Gasteiger partial charge >= 0.3 is 5.97 Å². The van der Waals surface area contributed by atoms with E-state index >= 15 is 0 Å². The minimum absolute atomic E-state index is 0.0243. The molecule has 2 heterocycles. The Morgan fingerprint density at radius 3 is 3.33 bits per heavy atom. The van der Waals surface area contributed by atoms with E-state index < -0.39 is 12.0 Å². The molecule has 66 valence electrons. The molecule has 2 atom stereocenters. The molecular formula is C7H11N3O2. The molecule has 12 heavy (non-hydrogen) atoms. The Bertz CT molecular complexity index is 229. The van der Waals surface area contributed by atoms with E-state index in [9.17, 15) is 4.79 Å². The third-order valence-corrected chi connectivity index (χ3v) is 2.33. The van der Waals surface area contributed by atoms with E-state index in [2.05, 4.69) is 10.3 Å². The summed E-state index contributed by atoms with van der Waals surface area (Å²) < 4.78 is 0. The number of rotatable bonds is 1. The van der Waals surface area contributed by atoms with Gasteiger partial charge in [-0.05, 0) is 0 Å². The van der Waals surface area contributed by atoms with E-state index in [-0.39, 0.29) is 6.04 Å². The van der Waals surface area contributed by atoms with Gasteiger partial charge in [-0.25, -0.2) is 0 Å². The molecule has 0 spiro atoms. The van der Waals surface area contributed by atoms with Gasteiger partial charge in [-0.15, -0.1) is 0 Å². The van der Waals surface area contributed by atoms with Crippen molar-refractivity contribution in [2.75, 3.05) is 19.6 Å². The highest BCUT2D eigenvalue weighted by molar-refractivity contribution is 5.76. The van der Waals surface area contributed by atoms with Crippen LogP contribution in [0.15, 0.2) is 4.99 Å². The Hall–Kier alpha value is -1.10. The molecule has 2 aliphatic heterocycles. The predicted molar refractivity (Wildman–Crippen MR) is 43.3 cm³/mol. The standard InChI is InChI=1S/C7H11N3O2/c11-7(12)6-5-3-8-4-10(5)2-1-9-6/h4-6,9H,1-3H2,(H,11,12)/t5?,6-/m0/s1. The zero-order chi connectivity index (χ0) is 8.55. The normalized spacial score (nSPS) is 33.5. The number of aliphatic carboxylic acids is 1. The average molecular weight is 169 g/mol. The van der Waals surface area contributed by atoms with E-state index in [1.54, 1.807) is 6.34 Å². The number of carbonyl (C=O) groups is 1. The van der Waals surface area contributed by atoms with Crippen LogP contribution in [0.2, 0.25) is 0 Å². The summed E-state index contributed by atoms with van der Waals surface area (Å²) in [6.07, 6.45) is 1.75. The second-order valence-corrected chi connectivity index (χ2v) is 3.06. The van der Waals surface area contributed by atoms with Crippen molar-refractivity contribution in [1.29, 1.82) is 0 Å². The highest BCUT2D eigenvalue weighted by Gasteiger charge is 2.36. The minimum atomic E-state index is -0.782. The molecular weight excluding hydrogens is 158 g/mol. The smallest absolute Gasteiger partial charge is 0.322 e. The molecule has 1 fully saturated rings. The van der Waals surface area contributed by atoms with Crippen LogP contribution >= 0.6 is 0 Å². The Labute approximate surface area is 70.1 Å². The van der Waals surface area contributed by atoms with Crippen LogP contribution in [0.4, 0.5) is 0 Å². The molecule has 0 amide bonds. The van der Waals surface area contributed by atoms with Crippen molar-refractivity contribution in [3.63, 3.8) is 0 Å². The first-order valence-corrected chi connectivity index (χ1v) is 4.01. The molecule has 0 bridgehead atoms. The maximum absolute atomic E-state index is 10.8. The minimum Gasteiger partial charge on any atom is -0.480 e. The molecule has 0 aromatic carbocycles. The summed E-state index contributed by atoms with van der Waals surface area (Å²) in [5.41, 5.74) is 0. The van der Waals surface area contributed by atoms with Gasteiger partial charge in [-0.2, -0.15) is 0 Å². The van der Waals surface area contributed by atoms with Crippen LogP contribution in [-0.2, 0) is 4.79 Å². The Balaban J connectivity index is 2.11. The van der Waals surface area contributed by atoms with Crippen molar-refractivity contribution in [2.24, 2.45) is 4.99 Å². The lowest BCUT2D eigenvalue weighted by molar-refractivity contribution is -0.141. The molecule has 0 aromatic heterocycles. The third kappa shape index (κ3) is 1.06. The molecule has 1 saturated heterocycles. The van der Waals surface area contributed by atoms with E-state index in [4.69, 9.17) is 5.11 Å². The van der Waals surface area contributed by atoms with Crippen molar-refractivity contribution in [3.8, 4) is 0 Å². The van der Waals surface area contributed by atoms with Gasteiger partial charge in [0.2, 0.25) is 0 Å². The maximum Gasteiger partial charge on any atom is 0.322 e. The van der Waals surface area contributed by atoms with Crippen molar-refractivity contribution in [3.05, 3.63) is 0 Å². The molecule has 5 heteroatoms. The third-order valence-electron chi connectivity index (χ3n) is 2.33. The van der Waals surface area contributed by atoms with Crippen LogP contribution in [-0.4, -0.2) is 54.0 Å². The van der Waals surface area contributed by atoms with Crippen molar-refractivity contribution < 1.29 is 9.90 Å². The summed E-state index contributed by atoms with van der Waals surface area (Å²) >= 11 is 0. The van der Waals surface area contributed by atoms with Crippen LogP contribution < -0.4 is 5.32 Å². The number of piperazine rings is 1. The van der Waals surface area contributed by atoms with Crippen LogP contribution in [0.3, 0.4) is 0 Å². The van der Waals surface area contributed by atoms with Crippen molar-refractivity contribution in [2.45, 2.75) is 12.1 Å². The fraction of sp³-hybridized carbons (Fsp3) is 0.714. The fourth-order valence-electron chi connectivity index (χ4n) is 1.71. The average Bonchev–Trinajstić information content (AvgIpc) is 2.49. The van der Waals surface area contributed by atoms with Crippen molar-refractivity contribution in [1.82, 2.24) is 10.2 Å². The molecule has 2 aliphatic rings. The SMILES string of the molecule is O=C(O)[C@H]1NCCN2C=NCC12. The van der Waals surface area contributed by atoms with Gasteiger partial charge in [0.15, 0.2) is 0 Å². The first-order valence-electron chi connectivity index (χ1n) is 4.01. The Morgan fingerprint density at radius 1 is 1.75 bits per heavy atom. The zero-order valence-corrected chi connectivity index (χ0v) is 6.60. The predicted octanol–water partition coefficient (Wildman–Crippen LogP) is -1.24. The van der Waals surface area contributed by atoms with Crippen LogP contribution in [0, 0.1) is 0 Å². The lowest BCUT2D eigenvalue weighted by Gasteiger charge is -2.34. The van der Waals surface area contributed by atoms with Gasteiger partial charge in [0, 0.05) is 13.1 Å². The number of hydrogen-bond acceptors (Lipinski definition) is 4. The van der Waals surface area contributed by atoms with Gasteiger partial charge < -0.3 is 15.3 Å². The summed E-state index contributed by atoms with van der Waals surface area (Å²) in [5, 5.41) is 11.8. The lowest BCUT2D eigenvalue weighted by Crippen LogP contribution is -2.59.